The number of nitrogens with two attached hydrogens (primary N) is 1. The Hall–Kier alpha value is -5.29. The summed E-state index contributed by atoms with van der Waals surface area (Å²) in [6, 6.07) is 31.4. The van der Waals surface area contributed by atoms with Crippen molar-refractivity contribution in [2.75, 3.05) is 11.1 Å². The number of carbonyl (C=O) groups excluding carboxylic acids is 2. The van der Waals surface area contributed by atoms with Crippen LogP contribution >= 0.6 is 0 Å². The van der Waals surface area contributed by atoms with Gasteiger partial charge in [-0.1, -0.05) is 84.9 Å². The van der Waals surface area contributed by atoms with E-state index in [-0.39, 0.29) is 34.2 Å². The van der Waals surface area contributed by atoms with E-state index in [1.54, 1.807) is 36.4 Å². The first kappa shape index (κ1) is 22.7. The summed E-state index contributed by atoms with van der Waals surface area (Å²) in [4.78, 5) is 27.9. The second-order valence-corrected chi connectivity index (χ2v) is 10.4. The number of nitrogen functional groups attached to an aromatic ring is 1. The van der Waals surface area contributed by atoms with E-state index in [4.69, 9.17) is 5.73 Å². The molecule has 0 bridgehead atoms. The molecule has 1 spiro atoms. The Morgan fingerprint density at radius 2 is 1.15 bits per heavy atom. The van der Waals surface area contributed by atoms with Crippen LogP contribution in [0.25, 0.3) is 16.8 Å². The summed E-state index contributed by atoms with van der Waals surface area (Å²) in [7, 11) is 0. The lowest BCUT2D eigenvalue weighted by Gasteiger charge is -2.39. The smallest absolute Gasteiger partial charge is 0.196 e. The summed E-state index contributed by atoms with van der Waals surface area (Å²) in [6.45, 7) is 0. The predicted molar refractivity (Wildman–Crippen MR) is 154 cm³/mol. The third-order valence-corrected chi connectivity index (χ3v) is 8.42. The molecule has 5 aromatic rings. The minimum atomic E-state index is -0.805. The molecule has 3 N–H and O–H groups in total. The first-order chi connectivity index (χ1) is 19.5. The van der Waals surface area contributed by atoms with E-state index in [1.807, 2.05) is 30.3 Å². The highest BCUT2D eigenvalue weighted by atomic mass is 19.1. The molecule has 1 aliphatic heterocycles. The van der Waals surface area contributed by atoms with Crippen LogP contribution in [-0.2, 0) is 5.41 Å². The van der Waals surface area contributed by atoms with Gasteiger partial charge in [0.25, 0.3) is 0 Å². The van der Waals surface area contributed by atoms with Crippen molar-refractivity contribution in [3.05, 3.63) is 160 Å². The number of rotatable bonds is 1. The van der Waals surface area contributed by atoms with Gasteiger partial charge in [0.1, 0.15) is 5.82 Å². The SMILES string of the molecule is Nc1cc2c(c3c1C(=O)c1ccccc1C3=O)NC(c1ccc(F)cc1)=CC21c2ccccc2-c2ccccc21. The molecular weight excluding hydrogens is 499 g/mol. The average molecular weight is 521 g/mol. The average Bonchev–Trinajstić information content (AvgIpc) is 3.26. The van der Waals surface area contributed by atoms with Gasteiger partial charge in [-0.05, 0) is 57.7 Å². The van der Waals surface area contributed by atoms with Gasteiger partial charge in [0.15, 0.2) is 11.6 Å². The highest BCUT2D eigenvalue weighted by molar-refractivity contribution is 6.32. The third kappa shape index (κ3) is 2.78. The molecule has 8 rings (SSSR count). The van der Waals surface area contributed by atoms with Crippen molar-refractivity contribution in [2.45, 2.75) is 5.41 Å². The fraction of sp³-hybridized carbons (Fsp3) is 0.0286. The van der Waals surface area contributed by atoms with Crippen LogP contribution in [0.15, 0.2) is 109 Å². The number of allylic oxidation sites excluding steroid dienone is 1. The predicted octanol–water partition coefficient (Wildman–Crippen LogP) is 6.96. The monoisotopic (exact) mass is 520 g/mol. The molecular formula is C35H21FN2O2. The standard InChI is InChI=1S/C35H21FN2O2/c36-20-15-13-19(14-16-20)29-18-35(25-11-5-3-7-21(25)22-8-4-6-12-26(22)35)27-17-28(37)30-31(32(27)38-29)34(40)24-10-2-1-9-23(24)33(30)39/h1-18,38H,37H2. The topological polar surface area (TPSA) is 72.2 Å². The normalized spacial score (nSPS) is 15.4. The van der Waals surface area contributed by atoms with Gasteiger partial charge in [0.2, 0.25) is 0 Å². The molecule has 0 radical (unpaired) electrons. The molecule has 0 fully saturated rings. The lowest BCUT2D eigenvalue weighted by atomic mass is 9.67. The molecule has 190 valence electrons. The van der Waals surface area contributed by atoms with Crippen molar-refractivity contribution < 1.29 is 14.0 Å². The lowest BCUT2D eigenvalue weighted by molar-refractivity contribution is 0.0980. The van der Waals surface area contributed by atoms with Crippen LogP contribution in [0.4, 0.5) is 15.8 Å². The van der Waals surface area contributed by atoms with E-state index in [0.717, 1.165) is 33.4 Å². The number of fused-ring (bicyclic) bond motifs is 10. The van der Waals surface area contributed by atoms with Crippen molar-refractivity contribution in [1.29, 1.82) is 0 Å². The van der Waals surface area contributed by atoms with E-state index in [1.165, 1.54) is 12.1 Å². The minimum absolute atomic E-state index is 0.213. The maximum Gasteiger partial charge on any atom is 0.196 e. The Labute approximate surface area is 229 Å². The molecule has 2 aliphatic carbocycles. The summed E-state index contributed by atoms with van der Waals surface area (Å²) in [5.74, 6) is -0.864. The third-order valence-electron chi connectivity index (χ3n) is 8.42. The van der Waals surface area contributed by atoms with Gasteiger partial charge >= 0.3 is 0 Å². The molecule has 40 heavy (non-hydrogen) atoms. The van der Waals surface area contributed by atoms with Crippen LogP contribution in [0.1, 0.15) is 54.1 Å². The van der Waals surface area contributed by atoms with Crippen LogP contribution in [0.2, 0.25) is 0 Å². The summed E-state index contributed by atoms with van der Waals surface area (Å²) in [6.07, 6.45) is 2.14. The number of benzene rings is 5. The molecule has 0 saturated heterocycles. The summed E-state index contributed by atoms with van der Waals surface area (Å²) in [5.41, 5.74) is 14.4. The Morgan fingerprint density at radius 1 is 0.625 bits per heavy atom. The van der Waals surface area contributed by atoms with Crippen LogP contribution < -0.4 is 11.1 Å². The number of hydrogen-bond donors (Lipinski definition) is 2. The van der Waals surface area contributed by atoms with E-state index in [0.29, 0.717) is 22.5 Å². The molecule has 0 aromatic heterocycles. The highest BCUT2D eigenvalue weighted by Crippen LogP contribution is 2.59. The Balaban J connectivity index is 1.51. The number of hydrogen-bond acceptors (Lipinski definition) is 4. The second kappa shape index (κ2) is 7.87. The number of nitrogens with one attached hydrogen (secondary N) is 1. The fourth-order valence-corrected chi connectivity index (χ4v) is 6.73. The fourth-order valence-electron chi connectivity index (χ4n) is 6.73. The van der Waals surface area contributed by atoms with E-state index >= 15 is 0 Å². The Bertz CT molecular complexity index is 1940. The number of carbonyl (C=O) groups is 2. The van der Waals surface area contributed by atoms with Crippen LogP contribution in [0.3, 0.4) is 0 Å². The molecule has 4 nitrogen and oxygen atoms in total. The van der Waals surface area contributed by atoms with Crippen molar-refractivity contribution in [1.82, 2.24) is 0 Å². The van der Waals surface area contributed by atoms with Gasteiger partial charge in [-0.15, -0.1) is 0 Å². The largest absolute Gasteiger partial charge is 0.398 e. The molecule has 5 heteroatoms. The zero-order chi connectivity index (χ0) is 27.2. The first-order valence-corrected chi connectivity index (χ1v) is 13.1. The van der Waals surface area contributed by atoms with E-state index < -0.39 is 5.41 Å². The van der Waals surface area contributed by atoms with Crippen LogP contribution in [0, 0.1) is 5.82 Å². The number of anilines is 2. The summed E-state index contributed by atoms with van der Waals surface area (Å²) in [5, 5.41) is 3.49. The van der Waals surface area contributed by atoms with Crippen molar-refractivity contribution in [2.24, 2.45) is 0 Å². The molecule has 5 aromatic carbocycles. The lowest BCUT2D eigenvalue weighted by Crippen LogP contribution is -2.33. The number of ketones is 2. The van der Waals surface area contributed by atoms with Crippen molar-refractivity contribution in [3.8, 4) is 11.1 Å². The molecule has 0 unspecified atom stereocenters. The van der Waals surface area contributed by atoms with Gasteiger partial charge in [-0.3, -0.25) is 9.59 Å². The van der Waals surface area contributed by atoms with Crippen molar-refractivity contribution in [3.63, 3.8) is 0 Å². The first-order valence-electron chi connectivity index (χ1n) is 13.1. The van der Waals surface area contributed by atoms with Gasteiger partial charge in [0.05, 0.1) is 22.2 Å². The molecule has 1 heterocycles. The van der Waals surface area contributed by atoms with Crippen LogP contribution in [0.5, 0.6) is 0 Å². The van der Waals surface area contributed by atoms with Gasteiger partial charge in [-0.25, -0.2) is 4.39 Å². The minimum Gasteiger partial charge on any atom is -0.398 e. The van der Waals surface area contributed by atoms with Crippen LogP contribution in [-0.4, -0.2) is 11.6 Å². The van der Waals surface area contributed by atoms with E-state index in [9.17, 15) is 14.0 Å². The maximum absolute atomic E-state index is 14.1. The Morgan fingerprint density at radius 3 is 1.75 bits per heavy atom. The zero-order valence-electron chi connectivity index (χ0n) is 21.2. The summed E-state index contributed by atoms with van der Waals surface area (Å²) >= 11 is 0. The zero-order valence-corrected chi connectivity index (χ0v) is 21.2. The maximum atomic E-state index is 14.1. The second-order valence-electron chi connectivity index (χ2n) is 10.4. The molecule has 0 saturated carbocycles. The van der Waals surface area contributed by atoms with Gasteiger partial charge < -0.3 is 11.1 Å². The van der Waals surface area contributed by atoms with Gasteiger partial charge in [0, 0.05) is 22.5 Å². The molecule has 0 atom stereocenters. The summed E-state index contributed by atoms with van der Waals surface area (Å²) < 4.78 is 14.0. The Kier molecular flexibility index (Phi) is 4.46. The molecule has 3 aliphatic rings. The van der Waals surface area contributed by atoms with E-state index in [2.05, 4.69) is 35.7 Å². The molecule has 0 amide bonds. The van der Waals surface area contributed by atoms with Gasteiger partial charge in [-0.2, -0.15) is 0 Å². The quantitative estimate of drug-likeness (QED) is 0.230. The highest BCUT2D eigenvalue weighted by Gasteiger charge is 2.49. The number of halogens is 1. The van der Waals surface area contributed by atoms with Crippen molar-refractivity contribution >= 4 is 28.6 Å².